The van der Waals surface area contributed by atoms with Crippen LogP contribution in [0.5, 0.6) is 0 Å². The Morgan fingerprint density at radius 2 is 1.69 bits per heavy atom. The van der Waals surface area contributed by atoms with Gasteiger partial charge in [-0.2, -0.15) is 0 Å². The summed E-state index contributed by atoms with van der Waals surface area (Å²) in [5.41, 5.74) is 10.6. The average molecular weight is 436 g/mol. The molecule has 1 aliphatic heterocycles. The summed E-state index contributed by atoms with van der Waals surface area (Å²) in [4.78, 5) is 12.3. The monoisotopic (exact) mass is 436 g/mol. The standard InChI is InChI=1S/C25H33BN2O4/c1-17-13-22(27)18(2)12-20(17)14-21(26-31-24(3,4)25(5,6)32-26)15-28-23(29)30-16-19-10-8-7-9-11-19/h7-14H,15-16,27H2,1-6H3,(H,28,29). The number of benzene rings is 2. The van der Waals surface area contributed by atoms with Crippen molar-refractivity contribution in [2.45, 2.75) is 59.4 Å². The maximum Gasteiger partial charge on any atom is 0.492 e. The Morgan fingerprint density at radius 3 is 2.31 bits per heavy atom. The van der Waals surface area contributed by atoms with Crippen molar-refractivity contribution in [2.75, 3.05) is 12.3 Å². The van der Waals surface area contributed by atoms with Crippen LogP contribution in [-0.2, 0) is 20.7 Å². The Labute approximate surface area is 191 Å². The van der Waals surface area contributed by atoms with Crippen LogP contribution in [0.2, 0.25) is 0 Å². The molecule has 6 nitrogen and oxygen atoms in total. The van der Waals surface area contributed by atoms with Crippen molar-refractivity contribution in [3.05, 3.63) is 70.2 Å². The van der Waals surface area contributed by atoms with Crippen molar-refractivity contribution in [3.8, 4) is 0 Å². The molecule has 2 aromatic carbocycles. The first-order valence-corrected chi connectivity index (χ1v) is 10.9. The zero-order valence-electron chi connectivity index (χ0n) is 19.8. The van der Waals surface area contributed by atoms with Crippen LogP contribution < -0.4 is 11.1 Å². The summed E-state index contributed by atoms with van der Waals surface area (Å²) in [6.45, 7) is 12.4. The largest absolute Gasteiger partial charge is 0.492 e. The third-order valence-electron chi connectivity index (χ3n) is 6.20. The molecule has 1 heterocycles. The lowest BCUT2D eigenvalue weighted by molar-refractivity contribution is 0.00578. The number of alkyl carbamates (subject to hydrolysis) is 1. The maximum absolute atomic E-state index is 12.3. The summed E-state index contributed by atoms with van der Waals surface area (Å²) < 4.78 is 17.8. The molecule has 0 spiro atoms. The lowest BCUT2D eigenvalue weighted by atomic mass is 9.76. The number of nitrogens with one attached hydrogen (secondary N) is 1. The number of hydrogen-bond donors (Lipinski definition) is 2. The molecule has 3 N–H and O–H groups in total. The number of anilines is 1. The summed E-state index contributed by atoms with van der Waals surface area (Å²) >= 11 is 0. The lowest BCUT2D eigenvalue weighted by Gasteiger charge is -2.32. The molecule has 1 fully saturated rings. The van der Waals surface area contributed by atoms with Gasteiger partial charge in [-0.15, -0.1) is 0 Å². The summed E-state index contributed by atoms with van der Waals surface area (Å²) in [5.74, 6) is 0. The summed E-state index contributed by atoms with van der Waals surface area (Å²) in [7, 11) is -0.591. The van der Waals surface area contributed by atoms with E-state index in [-0.39, 0.29) is 13.2 Å². The fraction of sp³-hybridized carbons (Fsp3) is 0.400. The first-order valence-electron chi connectivity index (χ1n) is 10.9. The molecule has 0 saturated carbocycles. The first kappa shape index (κ1) is 23.9. The molecule has 1 amide bonds. The van der Waals surface area contributed by atoms with Crippen molar-refractivity contribution in [2.24, 2.45) is 0 Å². The van der Waals surface area contributed by atoms with Gasteiger partial charge in [0.05, 0.1) is 11.2 Å². The Hall–Kier alpha value is -2.77. The van der Waals surface area contributed by atoms with Gasteiger partial charge in [0.2, 0.25) is 0 Å². The van der Waals surface area contributed by atoms with E-state index in [4.69, 9.17) is 19.8 Å². The Morgan fingerprint density at radius 1 is 1.06 bits per heavy atom. The second-order valence-corrected chi connectivity index (χ2v) is 9.29. The highest BCUT2D eigenvalue weighted by Gasteiger charge is 2.52. The van der Waals surface area contributed by atoms with Gasteiger partial charge in [0.25, 0.3) is 0 Å². The molecule has 170 valence electrons. The summed E-state index contributed by atoms with van der Waals surface area (Å²) in [6, 6.07) is 13.5. The van der Waals surface area contributed by atoms with Gasteiger partial charge in [-0.3, -0.25) is 0 Å². The molecular formula is C25H33BN2O4. The van der Waals surface area contributed by atoms with Crippen molar-refractivity contribution < 1.29 is 18.8 Å². The minimum atomic E-state index is -0.591. The topological polar surface area (TPSA) is 82.8 Å². The number of hydrogen-bond acceptors (Lipinski definition) is 5. The van der Waals surface area contributed by atoms with Crippen LogP contribution in [-0.4, -0.2) is 31.0 Å². The summed E-state index contributed by atoms with van der Waals surface area (Å²) in [5, 5.41) is 2.84. The Bertz CT molecular complexity index is 987. The molecule has 0 radical (unpaired) electrons. The smallest absolute Gasteiger partial charge is 0.445 e. The fourth-order valence-corrected chi connectivity index (χ4v) is 3.36. The van der Waals surface area contributed by atoms with E-state index in [1.54, 1.807) is 0 Å². The number of nitrogens with two attached hydrogens (primary N) is 1. The minimum absolute atomic E-state index is 0.207. The second-order valence-electron chi connectivity index (χ2n) is 9.29. The lowest BCUT2D eigenvalue weighted by Crippen LogP contribution is -2.41. The molecule has 1 aliphatic rings. The van der Waals surface area contributed by atoms with Crippen LogP contribution >= 0.6 is 0 Å². The Balaban J connectivity index is 1.78. The summed E-state index contributed by atoms with van der Waals surface area (Å²) in [6.07, 6.45) is 1.50. The number of ether oxygens (including phenoxy) is 1. The second kappa shape index (κ2) is 9.39. The molecule has 0 atom stereocenters. The van der Waals surface area contributed by atoms with Crippen molar-refractivity contribution >= 4 is 25.0 Å². The normalized spacial score (nSPS) is 17.3. The molecule has 0 aromatic heterocycles. The predicted octanol–water partition coefficient (Wildman–Crippen LogP) is 4.83. The SMILES string of the molecule is Cc1cc(C=C(CNC(=O)OCc2ccccc2)B2OC(C)(C)C(C)(C)O2)c(C)cc1N. The van der Waals surface area contributed by atoms with Gasteiger partial charge in [-0.25, -0.2) is 4.79 Å². The van der Waals surface area contributed by atoms with Crippen LogP contribution in [0.1, 0.15) is 49.9 Å². The molecular weight excluding hydrogens is 403 g/mol. The van der Waals surface area contributed by atoms with Gasteiger partial charge >= 0.3 is 13.2 Å². The van der Waals surface area contributed by atoms with E-state index in [9.17, 15) is 4.79 Å². The van der Waals surface area contributed by atoms with Crippen LogP contribution in [0.3, 0.4) is 0 Å². The maximum atomic E-state index is 12.3. The van der Waals surface area contributed by atoms with Crippen LogP contribution in [0.4, 0.5) is 10.5 Å². The van der Waals surface area contributed by atoms with Crippen LogP contribution in [0.15, 0.2) is 47.9 Å². The molecule has 3 rings (SSSR count). The van der Waals surface area contributed by atoms with Gasteiger partial charge in [-0.05, 0) is 81.4 Å². The van der Waals surface area contributed by atoms with Gasteiger partial charge in [0, 0.05) is 12.2 Å². The quantitative estimate of drug-likeness (QED) is 0.501. The van der Waals surface area contributed by atoms with Crippen molar-refractivity contribution in [1.29, 1.82) is 0 Å². The highest BCUT2D eigenvalue weighted by molar-refractivity contribution is 6.56. The molecule has 0 aliphatic carbocycles. The van der Waals surface area contributed by atoms with Crippen molar-refractivity contribution in [1.82, 2.24) is 5.32 Å². The highest BCUT2D eigenvalue weighted by Crippen LogP contribution is 2.39. The van der Waals surface area contributed by atoms with E-state index in [1.165, 1.54) is 0 Å². The first-order chi connectivity index (χ1) is 15.0. The average Bonchev–Trinajstić information content (AvgIpc) is 2.95. The zero-order valence-corrected chi connectivity index (χ0v) is 19.8. The molecule has 32 heavy (non-hydrogen) atoms. The van der Waals surface area contributed by atoms with Crippen LogP contribution in [0.25, 0.3) is 6.08 Å². The van der Waals surface area contributed by atoms with E-state index in [0.717, 1.165) is 33.4 Å². The molecule has 1 saturated heterocycles. The zero-order chi connectivity index (χ0) is 23.5. The van der Waals surface area contributed by atoms with E-state index in [2.05, 4.69) is 5.32 Å². The molecule has 2 aromatic rings. The minimum Gasteiger partial charge on any atom is -0.445 e. The molecule has 7 heteroatoms. The third kappa shape index (κ3) is 5.53. The molecule has 0 unspecified atom stereocenters. The number of rotatable bonds is 6. The predicted molar refractivity (Wildman–Crippen MR) is 129 cm³/mol. The fourth-order valence-electron chi connectivity index (χ4n) is 3.36. The Kier molecular flexibility index (Phi) is 7.01. The number of nitrogen functional groups attached to an aromatic ring is 1. The molecule has 0 bridgehead atoms. The number of amides is 1. The van der Waals surface area contributed by atoms with Crippen LogP contribution in [0, 0.1) is 13.8 Å². The van der Waals surface area contributed by atoms with Gasteiger partial charge < -0.3 is 25.1 Å². The number of carbonyl (C=O) groups excluding carboxylic acids is 1. The van der Waals surface area contributed by atoms with E-state index < -0.39 is 24.4 Å². The van der Waals surface area contributed by atoms with Gasteiger partial charge in [0.1, 0.15) is 6.61 Å². The van der Waals surface area contributed by atoms with Gasteiger partial charge in [-0.1, -0.05) is 36.4 Å². The van der Waals surface area contributed by atoms with E-state index in [0.29, 0.717) is 0 Å². The third-order valence-corrected chi connectivity index (χ3v) is 6.20. The van der Waals surface area contributed by atoms with E-state index in [1.807, 2.05) is 90.1 Å². The van der Waals surface area contributed by atoms with Gasteiger partial charge in [0.15, 0.2) is 0 Å². The highest BCUT2D eigenvalue weighted by atomic mass is 16.7. The number of carbonyl (C=O) groups is 1. The number of aryl methyl sites for hydroxylation is 2. The van der Waals surface area contributed by atoms with E-state index >= 15 is 0 Å². The van der Waals surface area contributed by atoms with Crippen molar-refractivity contribution in [3.63, 3.8) is 0 Å².